The van der Waals surface area contributed by atoms with Crippen LogP contribution < -0.4 is 10.1 Å². The lowest BCUT2D eigenvalue weighted by Crippen LogP contribution is -2.47. The predicted octanol–water partition coefficient (Wildman–Crippen LogP) is 1.57. The molecular formula is C19H28N2O6S2. The molecule has 2 fully saturated rings. The van der Waals surface area contributed by atoms with E-state index in [9.17, 15) is 21.6 Å². The molecule has 162 valence electrons. The van der Waals surface area contributed by atoms with Gasteiger partial charge >= 0.3 is 0 Å². The van der Waals surface area contributed by atoms with Crippen molar-refractivity contribution >= 4 is 25.8 Å². The number of nitrogens with zero attached hydrogens (tertiary/aromatic N) is 1. The zero-order valence-electron chi connectivity index (χ0n) is 16.8. The normalized spacial score (nSPS) is 25.3. The minimum atomic E-state index is -3.73. The maximum atomic E-state index is 13.1. The number of carbonyl (C=O) groups is 1. The van der Waals surface area contributed by atoms with Gasteiger partial charge in [0.05, 0.1) is 34.6 Å². The van der Waals surface area contributed by atoms with Gasteiger partial charge in [0.25, 0.3) is 5.91 Å². The second kappa shape index (κ2) is 8.23. The highest BCUT2D eigenvalue weighted by molar-refractivity contribution is 7.91. The Bertz CT molecular complexity index is 982. The summed E-state index contributed by atoms with van der Waals surface area (Å²) in [6.07, 6.45) is 3.95. The quantitative estimate of drug-likeness (QED) is 0.738. The van der Waals surface area contributed by atoms with Crippen molar-refractivity contribution in [2.24, 2.45) is 0 Å². The molecule has 2 aliphatic heterocycles. The van der Waals surface area contributed by atoms with E-state index in [1.807, 2.05) is 0 Å². The van der Waals surface area contributed by atoms with E-state index in [4.69, 9.17) is 4.74 Å². The fourth-order valence-corrected chi connectivity index (χ4v) is 7.54. The zero-order chi connectivity index (χ0) is 21.3. The van der Waals surface area contributed by atoms with E-state index in [0.29, 0.717) is 19.5 Å². The molecule has 10 heteroatoms. The molecule has 0 radical (unpaired) electrons. The molecule has 29 heavy (non-hydrogen) atoms. The summed E-state index contributed by atoms with van der Waals surface area (Å²) >= 11 is 0. The molecule has 2 aliphatic rings. The van der Waals surface area contributed by atoms with Crippen molar-refractivity contribution < 1.29 is 26.4 Å². The number of sulfone groups is 1. The first-order valence-corrected chi connectivity index (χ1v) is 13.0. The summed E-state index contributed by atoms with van der Waals surface area (Å²) in [5, 5.41) is 2.76. The van der Waals surface area contributed by atoms with Crippen LogP contribution in [-0.2, 0) is 19.9 Å². The molecule has 1 amide bonds. The molecular weight excluding hydrogens is 416 g/mol. The van der Waals surface area contributed by atoms with Gasteiger partial charge in [0.2, 0.25) is 10.0 Å². The molecule has 1 aromatic rings. The van der Waals surface area contributed by atoms with Gasteiger partial charge in [-0.1, -0.05) is 12.8 Å². The number of benzene rings is 1. The minimum Gasteiger partial charge on any atom is -0.496 e. The monoisotopic (exact) mass is 444 g/mol. The van der Waals surface area contributed by atoms with Gasteiger partial charge in [0, 0.05) is 13.1 Å². The number of nitrogens with one attached hydrogen (secondary N) is 1. The van der Waals surface area contributed by atoms with E-state index < -0.39 is 31.3 Å². The highest BCUT2D eigenvalue weighted by atomic mass is 32.2. The van der Waals surface area contributed by atoms with Crippen molar-refractivity contribution in [2.75, 3.05) is 31.7 Å². The summed E-state index contributed by atoms with van der Waals surface area (Å²) in [5.74, 6) is -0.430. The van der Waals surface area contributed by atoms with E-state index >= 15 is 0 Å². The van der Waals surface area contributed by atoms with E-state index in [1.165, 1.54) is 29.6 Å². The van der Waals surface area contributed by atoms with Crippen molar-refractivity contribution in [3.8, 4) is 5.75 Å². The number of hydrogen-bond donors (Lipinski definition) is 1. The fourth-order valence-electron chi connectivity index (χ4n) is 3.91. The molecule has 0 bridgehead atoms. The number of amides is 1. The average Bonchev–Trinajstić information content (AvgIpc) is 2.85. The van der Waals surface area contributed by atoms with Gasteiger partial charge in [0.1, 0.15) is 5.75 Å². The second-order valence-corrected chi connectivity index (χ2v) is 12.2. The number of rotatable bonds is 5. The predicted molar refractivity (Wildman–Crippen MR) is 109 cm³/mol. The van der Waals surface area contributed by atoms with Gasteiger partial charge in [-0.2, -0.15) is 4.31 Å². The Hall–Kier alpha value is -1.65. The second-order valence-electron chi connectivity index (χ2n) is 8.04. The van der Waals surface area contributed by atoms with E-state index in [-0.39, 0.29) is 27.7 Å². The molecule has 0 aliphatic carbocycles. The Morgan fingerprint density at radius 3 is 2.38 bits per heavy atom. The van der Waals surface area contributed by atoms with Gasteiger partial charge in [-0.15, -0.1) is 0 Å². The van der Waals surface area contributed by atoms with Crippen LogP contribution in [0, 0.1) is 0 Å². The Labute approximate surface area is 172 Å². The van der Waals surface area contributed by atoms with Crippen LogP contribution in [0.1, 0.15) is 49.4 Å². The number of carbonyl (C=O) groups excluding carboxylic acids is 1. The molecule has 2 saturated heterocycles. The van der Waals surface area contributed by atoms with Crippen LogP contribution in [0.2, 0.25) is 0 Å². The summed E-state index contributed by atoms with van der Waals surface area (Å²) in [4.78, 5) is 12.9. The zero-order valence-corrected chi connectivity index (χ0v) is 18.4. The Morgan fingerprint density at radius 2 is 1.83 bits per heavy atom. The van der Waals surface area contributed by atoms with E-state index in [2.05, 4.69) is 5.32 Å². The van der Waals surface area contributed by atoms with Crippen LogP contribution in [0.25, 0.3) is 0 Å². The van der Waals surface area contributed by atoms with Crippen molar-refractivity contribution in [3.63, 3.8) is 0 Å². The van der Waals surface area contributed by atoms with Crippen LogP contribution in [0.4, 0.5) is 0 Å². The first-order valence-electron chi connectivity index (χ1n) is 9.77. The van der Waals surface area contributed by atoms with Gasteiger partial charge in [-0.25, -0.2) is 16.8 Å². The lowest BCUT2D eigenvalue weighted by atomic mass is 10.0. The van der Waals surface area contributed by atoms with Gasteiger partial charge in [-0.3, -0.25) is 4.79 Å². The molecule has 0 aromatic heterocycles. The molecule has 2 heterocycles. The molecule has 0 saturated carbocycles. The summed E-state index contributed by atoms with van der Waals surface area (Å²) in [5.41, 5.74) is -0.811. The summed E-state index contributed by atoms with van der Waals surface area (Å²) in [7, 11) is -5.52. The lowest BCUT2D eigenvalue weighted by molar-refractivity contribution is 0.0912. The lowest BCUT2D eigenvalue weighted by Gasteiger charge is -2.25. The van der Waals surface area contributed by atoms with Gasteiger partial charge in [-0.05, 0) is 44.4 Å². The van der Waals surface area contributed by atoms with Crippen molar-refractivity contribution in [3.05, 3.63) is 23.8 Å². The van der Waals surface area contributed by atoms with Crippen molar-refractivity contribution in [1.82, 2.24) is 9.62 Å². The van der Waals surface area contributed by atoms with Gasteiger partial charge in [0.15, 0.2) is 9.84 Å². The third kappa shape index (κ3) is 4.92. The summed E-state index contributed by atoms with van der Waals surface area (Å²) in [6.45, 7) is 2.61. The highest BCUT2D eigenvalue weighted by Gasteiger charge is 2.40. The standard InChI is InChI=1S/C19H28N2O6S2/c1-19(9-12-28(23,24)14-19)20-18(22)16-13-15(7-8-17(16)27-2)29(25,26)21-10-5-3-4-6-11-21/h7-8,13H,3-6,9-12,14H2,1-2H3,(H,20,22)/t19-/m0/s1. The highest BCUT2D eigenvalue weighted by Crippen LogP contribution is 2.28. The number of methoxy groups -OCH3 is 1. The van der Waals surface area contributed by atoms with Crippen LogP contribution in [0.5, 0.6) is 5.75 Å². The van der Waals surface area contributed by atoms with Crippen LogP contribution in [-0.4, -0.2) is 64.3 Å². The number of ether oxygens (including phenoxy) is 1. The number of hydrogen-bond acceptors (Lipinski definition) is 6. The van der Waals surface area contributed by atoms with Crippen molar-refractivity contribution in [2.45, 2.75) is 49.5 Å². The molecule has 1 aromatic carbocycles. The first-order chi connectivity index (χ1) is 13.6. The first kappa shape index (κ1) is 22.0. The Balaban J connectivity index is 1.90. The maximum absolute atomic E-state index is 13.1. The Morgan fingerprint density at radius 1 is 1.17 bits per heavy atom. The number of sulfonamides is 1. The topological polar surface area (TPSA) is 110 Å². The molecule has 0 spiro atoms. The molecule has 1 atom stereocenters. The summed E-state index contributed by atoms with van der Waals surface area (Å²) in [6, 6.07) is 4.23. The molecule has 8 nitrogen and oxygen atoms in total. The molecule has 0 unspecified atom stereocenters. The Kier molecular flexibility index (Phi) is 6.26. The third-order valence-electron chi connectivity index (χ3n) is 5.54. The molecule has 3 rings (SSSR count). The van der Waals surface area contributed by atoms with Crippen molar-refractivity contribution in [1.29, 1.82) is 0 Å². The average molecular weight is 445 g/mol. The molecule has 1 N–H and O–H groups in total. The van der Waals surface area contributed by atoms with E-state index in [1.54, 1.807) is 6.92 Å². The maximum Gasteiger partial charge on any atom is 0.255 e. The van der Waals surface area contributed by atoms with Crippen LogP contribution >= 0.6 is 0 Å². The fraction of sp³-hybridized carbons (Fsp3) is 0.632. The van der Waals surface area contributed by atoms with Crippen LogP contribution in [0.3, 0.4) is 0 Å². The van der Waals surface area contributed by atoms with Crippen LogP contribution in [0.15, 0.2) is 23.1 Å². The largest absolute Gasteiger partial charge is 0.496 e. The van der Waals surface area contributed by atoms with Gasteiger partial charge < -0.3 is 10.1 Å². The SMILES string of the molecule is COc1ccc(S(=O)(=O)N2CCCCCC2)cc1C(=O)N[C@@]1(C)CCS(=O)(=O)C1. The third-order valence-corrected chi connectivity index (χ3v) is 9.33. The summed E-state index contributed by atoms with van der Waals surface area (Å²) < 4.78 is 56.5. The minimum absolute atomic E-state index is 0.0181. The smallest absolute Gasteiger partial charge is 0.255 e. The van der Waals surface area contributed by atoms with E-state index in [0.717, 1.165) is 25.7 Å².